The highest BCUT2D eigenvalue weighted by molar-refractivity contribution is 9.10. The van der Waals surface area contributed by atoms with Gasteiger partial charge in [0, 0.05) is 28.8 Å². The molecule has 0 N–H and O–H groups in total. The molecule has 0 spiro atoms. The van der Waals surface area contributed by atoms with E-state index in [2.05, 4.69) is 15.9 Å². The number of hydrogen-bond acceptors (Lipinski definition) is 7. The van der Waals surface area contributed by atoms with Crippen molar-refractivity contribution in [3.8, 4) is 17.6 Å². The zero-order valence-electron chi connectivity index (χ0n) is 20.5. The lowest BCUT2D eigenvalue weighted by Gasteiger charge is -2.37. The molecule has 0 atom stereocenters. The summed E-state index contributed by atoms with van der Waals surface area (Å²) in [5, 5.41) is 21.3. The van der Waals surface area contributed by atoms with Crippen molar-refractivity contribution in [2.45, 2.75) is 13.1 Å². The van der Waals surface area contributed by atoms with Crippen molar-refractivity contribution in [3.63, 3.8) is 0 Å². The minimum absolute atomic E-state index is 0.0468. The van der Waals surface area contributed by atoms with Crippen molar-refractivity contribution in [1.82, 2.24) is 4.90 Å². The molecule has 0 aromatic heterocycles. The maximum Gasteiger partial charge on any atom is 0.326 e. The van der Waals surface area contributed by atoms with Gasteiger partial charge in [-0.15, -0.1) is 0 Å². The molecule has 1 aliphatic rings. The molecule has 1 heterocycles. The molecule has 13 heteroatoms. The Labute approximate surface area is 235 Å². The maximum absolute atomic E-state index is 14.0. The molecule has 2 amide bonds. The lowest BCUT2D eigenvalue weighted by molar-refractivity contribution is -0.385. The highest BCUT2D eigenvalue weighted by atomic mass is 79.9. The van der Waals surface area contributed by atoms with E-state index in [1.54, 1.807) is 18.2 Å². The van der Waals surface area contributed by atoms with Gasteiger partial charge in [0.15, 0.2) is 0 Å². The Kier molecular flexibility index (Phi) is 8.03. The van der Waals surface area contributed by atoms with Crippen LogP contribution in [0.1, 0.15) is 27.0 Å². The van der Waals surface area contributed by atoms with Crippen LogP contribution in [0.15, 0.2) is 46.9 Å². The van der Waals surface area contributed by atoms with E-state index in [0.717, 1.165) is 12.1 Å². The van der Waals surface area contributed by atoms with Crippen LogP contribution in [0.25, 0.3) is 0 Å². The van der Waals surface area contributed by atoms with Crippen LogP contribution >= 0.6 is 27.5 Å². The van der Waals surface area contributed by atoms with Crippen molar-refractivity contribution in [3.05, 3.63) is 90.1 Å². The molecule has 3 aromatic rings. The minimum atomic E-state index is -0.908. The number of ether oxygens (including phenoxy) is 2. The van der Waals surface area contributed by atoms with Crippen LogP contribution in [0.5, 0.6) is 11.5 Å². The van der Waals surface area contributed by atoms with Gasteiger partial charge in [-0.25, -0.2) is 9.18 Å². The first-order chi connectivity index (χ1) is 18.6. The lowest BCUT2D eigenvalue weighted by atomic mass is 9.96. The number of benzene rings is 3. The van der Waals surface area contributed by atoms with Crippen LogP contribution in [0.3, 0.4) is 0 Å². The van der Waals surface area contributed by atoms with Crippen molar-refractivity contribution < 1.29 is 28.4 Å². The van der Waals surface area contributed by atoms with E-state index in [0.29, 0.717) is 22.6 Å². The number of urea groups is 1. The number of rotatable bonds is 8. The van der Waals surface area contributed by atoms with Gasteiger partial charge < -0.3 is 14.4 Å². The predicted octanol–water partition coefficient (Wildman–Crippen LogP) is 5.86. The van der Waals surface area contributed by atoms with Gasteiger partial charge in [-0.05, 0) is 46.3 Å². The summed E-state index contributed by atoms with van der Waals surface area (Å²) in [6.45, 7) is -0.474. The van der Waals surface area contributed by atoms with E-state index < -0.39 is 33.8 Å². The summed E-state index contributed by atoms with van der Waals surface area (Å²) < 4.78 is 24.6. The zero-order valence-corrected chi connectivity index (χ0v) is 22.9. The molecule has 0 aliphatic carbocycles. The normalized spacial score (nSPS) is 12.6. The van der Waals surface area contributed by atoms with Crippen molar-refractivity contribution in [2.24, 2.45) is 0 Å². The lowest BCUT2D eigenvalue weighted by Crippen LogP contribution is -2.47. The third-order valence-corrected chi connectivity index (χ3v) is 7.21. The fraction of sp³-hybridized carbons (Fsp3) is 0.192. The maximum atomic E-state index is 14.0. The predicted molar refractivity (Wildman–Crippen MR) is 143 cm³/mol. The molecule has 0 saturated carbocycles. The van der Waals surface area contributed by atoms with E-state index in [1.165, 1.54) is 36.2 Å². The molecule has 4 rings (SSSR count). The Morgan fingerprint density at radius 1 is 1.23 bits per heavy atom. The fourth-order valence-electron chi connectivity index (χ4n) is 4.30. The van der Waals surface area contributed by atoms with Gasteiger partial charge in [-0.2, -0.15) is 5.26 Å². The van der Waals surface area contributed by atoms with Crippen molar-refractivity contribution in [1.29, 1.82) is 5.26 Å². The van der Waals surface area contributed by atoms with Crippen molar-refractivity contribution >= 4 is 50.7 Å². The highest BCUT2D eigenvalue weighted by Crippen LogP contribution is 2.44. The molecule has 0 saturated heterocycles. The molecule has 1 aliphatic heterocycles. The molecule has 0 fully saturated rings. The Morgan fingerprint density at radius 3 is 2.62 bits per heavy atom. The summed E-state index contributed by atoms with van der Waals surface area (Å²) in [6, 6.07) is 10.6. The Morgan fingerprint density at radius 2 is 1.97 bits per heavy atom. The zero-order chi connectivity index (χ0) is 28.4. The standard InChI is InChI=1S/C26H19BrClFN4O6/c1-38-17-5-3-14(21(11-17)39-2)13-32-24-15(12-31(8-7-30)26(32)35)9-20(33(36)37)22(23(24)27)25(34)18-10-16(29)4-6-19(18)28/h3-6,9-11H,8,12-13H2,1-2H3. The largest absolute Gasteiger partial charge is 0.497 e. The number of methoxy groups -OCH3 is 2. The van der Waals surface area contributed by atoms with E-state index in [1.807, 2.05) is 6.07 Å². The molecular weight excluding hydrogens is 599 g/mol. The number of carbonyl (C=O) groups is 2. The van der Waals surface area contributed by atoms with Gasteiger partial charge in [0.2, 0.25) is 5.78 Å². The first kappa shape index (κ1) is 27.8. The molecule has 3 aromatic carbocycles. The van der Waals surface area contributed by atoms with Crippen LogP contribution in [0.2, 0.25) is 5.02 Å². The number of carbonyl (C=O) groups excluding carboxylic acids is 2. The van der Waals surface area contributed by atoms with E-state index in [-0.39, 0.29) is 40.4 Å². The first-order valence-corrected chi connectivity index (χ1v) is 12.4. The summed E-state index contributed by atoms with van der Waals surface area (Å²) in [4.78, 5) is 41.0. The number of nitriles is 1. The number of fused-ring (bicyclic) bond motifs is 1. The number of hydrogen-bond donors (Lipinski definition) is 0. The average molecular weight is 618 g/mol. The third kappa shape index (κ3) is 5.23. The second-order valence-corrected chi connectivity index (χ2v) is 9.56. The number of nitro groups is 1. The summed E-state index contributed by atoms with van der Waals surface area (Å²) >= 11 is 9.48. The summed E-state index contributed by atoms with van der Waals surface area (Å²) in [7, 11) is 2.94. The third-order valence-electron chi connectivity index (χ3n) is 6.11. The first-order valence-electron chi connectivity index (χ1n) is 11.2. The van der Waals surface area contributed by atoms with Gasteiger partial charge in [0.1, 0.15) is 29.4 Å². The smallest absolute Gasteiger partial charge is 0.326 e. The van der Waals surface area contributed by atoms with Gasteiger partial charge in [0.25, 0.3) is 5.69 Å². The minimum Gasteiger partial charge on any atom is -0.497 e. The second kappa shape index (κ2) is 11.3. The number of amides is 2. The van der Waals surface area contributed by atoms with E-state index in [4.69, 9.17) is 21.1 Å². The van der Waals surface area contributed by atoms with Gasteiger partial charge in [-0.3, -0.25) is 19.8 Å². The molecule has 0 bridgehead atoms. The molecule has 39 heavy (non-hydrogen) atoms. The molecule has 200 valence electrons. The average Bonchev–Trinajstić information content (AvgIpc) is 2.91. The van der Waals surface area contributed by atoms with Gasteiger partial charge >= 0.3 is 6.03 Å². The molecule has 10 nitrogen and oxygen atoms in total. The van der Waals surface area contributed by atoms with Crippen molar-refractivity contribution in [2.75, 3.05) is 25.7 Å². The quantitative estimate of drug-likeness (QED) is 0.134. The van der Waals surface area contributed by atoms with Crippen LogP contribution in [-0.4, -0.2) is 42.4 Å². The SMILES string of the molecule is COc1ccc(CN2C(=O)N(CC#N)Cc3cc([N+](=O)[O-])c(C(=O)c4cc(F)ccc4Cl)c(Br)c32)c(OC)c1. The topological polar surface area (TPSA) is 126 Å². The van der Waals surface area contributed by atoms with E-state index in [9.17, 15) is 29.4 Å². The molecule has 0 unspecified atom stereocenters. The highest BCUT2D eigenvalue weighted by Gasteiger charge is 2.38. The Bertz CT molecular complexity index is 1560. The number of anilines is 1. The Hall–Kier alpha value is -4.21. The van der Waals surface area contributed by atoms with Gasteiger partial charge in [-0.1, -0.05) is 11.6 Å². The van der Waals surface area contributed by atoms with Crippen LogP contribution in [0, 0.1) is 27.3 Å². The molecular formula is C26H19BrClFN4O6. The van der Waals surface area contributed by atoms with E-state index >= 15 is 0 Å². The second-order valence-electron chi connectivity index (χ2n) is 8.36. The van der Waals surface area contributed by atoms with Gasteiger partial charge in [0.05, 0.1) is 53.5 Å². The molecule has 0 radical (unpaired) electrons. The van der Waals surface area contributed by atoms with Crippen LogP contribution < -0.4 is 14.4 Å². The van der Waals surface area contributed by atoms with Crippen LogP contribution in [-0.2, 0) is 13.1 Å². The number of halogens is 3. The monoisotopic (exact) mass is 616 g/mol. The fourth-order valence-corrected chi connectivity index (χ4v) is 5.36. The number of ketones is 1. The summed E-state index contributed by atoms with van der Waals surface area (Å²) in [6.07, 6.45) is 0. The number of nitro benzene ring substituents is 1. The summed E-state index contributed by atoms with van der Waals surface area (Å²) in [5.74, 6) is -0.740. The number of nitrogens with zero attached hydrogens (tertiary/aromatic N) is 4. The summed E-state index contributed by atoms with van der Waals surface area (Å²) in [5.41, 5.74) is -0.190. The Balaban J connectivity index is 1.95. The van der Waals surface area contributed by atoms with Crippen LogP contribution in [0.4, 0.5) is 20.6 Å².